The number of aryl methyl sites for hydroxylation is 1. The zero-order valence-electron chi connectivity index (χ0n) is 14.1. The maximum Gasteiger partial charge on any atom is 0.253 e. The van der Waals surface area contributed by atoms with Crippen LogP contribution in [0.1, 0.15) is 22.0 Å². The third kappa shape index (κ3) is 4.56. The number of hydrogen-bond donors (Lipinski definition) is 2. The predicted octanol–water partition coefficient (Wildman–Crippen LogP) is 1.44. The van der Waals surface area contributed by atoms with Crippen molar-refractivity contribution in [3.8, 4) is 0 Å². The molecule has 2 rings (SSSR count). The molecule has 0 bridgehead atoms. The summed E-state index contributed by atoms with van der Waals surface area (Å²) in [5.41, 5.74) is 1.99. The van der Waals surface area contributed by atoms with Crippen LogP contribution in [-0.4, -0.2) is 47.6 Å². The molecule has 2 aromatic rings. The van der Waals surface area contributed by atoms with E-state index in [1.807, 2.05) is 0 Å². The number of halogens is 1. The van der Waals surface area contributed by atoms with Gasteiger partial charge in [-0.15, -0.1) is 12.4 Å². The van der Waals surface area contributed by atoms with Crippen LogP contribution in [0.4, 0.5) is 5.69 Å². The Bertz CT molecular complexity index is 697. The number of likely N-dealkylation sites (N-methyl/N-ethyl adjacent to an activating group) is 1. The molecule has 1 heterocycles. The van der Waals surface area contributed by atoms with Crippen LogP contribution in [0.25, 0.3) is 0 Å². The van der Waals surface area contributed by atoms with Crippen LogP contribution >= 0.6 is 12.4 Å². The zero-order chi connectivity index (χ0) is 17.0. The van der Waals surface area contributed by atoms with E-state index in [-0.39, 0.29) is 24.2 Å². The monoisotopic (exact) mass is 351 g/mol. The first-order valence-corrected chi connectivity index (χ1v) is 7.20. The van der Waals surface area contributed by atoms with Gasteiger partial charge in [0.25, 0.3) is 5.91 Å². The summed E-state index contributed by atoms with van der Waals surface area (Å²) < 4.78 is 1.65. The molecule has 0 radical (unpaired) electrons. The topological polar surface area (TPSA) is 79.3 Å². The third-order valence-corrected chi connectivity index (χ3v) is 3.41. The molecule has 130 valence electrons. The maximum absolute atomic E-state index is 12.4. The van der Waals surface area contributed by atoms with Gasteiger partial charge in [0.2, 0.25) is 5.91 Å². The molecule has 8 heteroatoms. The van der Waals surface area contributed by atoms with E-state index in [0.29, 0.717) is 11.3 Å². The van der Waals surface area contributed by atoms with Gasteiger partial charge in [0.15, 0.2) is 0 Å². The third-order valence-electron chi connectivity index (χ3n) is 3.41. The van der Waals surface area contributed by atoms with E-state index in [2.05, 4.69) is 15.7 Å². The van der Waals surface area contributed by atoms with Crippen molar-refractivity contribution in [3.63, 3.8) is 0 Å². The minimum Gasteiger partial charge on any atom is -0.345 e. The van der Waals surface area contributed by atoms with E-state index in [0.717, 1.165) is 5.56 Å². The summed E-state index contributed by atoms with van der Waals surface area (Å²) in [6.45, 7) is 0. The largest absolute Gasteiger partial charge is 0.345 e. The van der Waals surface area contributed by atoms with Gasteiger partial charge in [-0.25, -0.2) is 0 Å². The molecule has 0 saturated heterocycles. The maximum atomic E-state index is 12.4. The van der Waals surface area contributed by atoms with Crippen molar-refractivity contribution in [2.24, 2.45) is 7.05 Å². The van der Waals surface area contributed by atoms with E-state index in [1.54, 1.807) is 69.5 Å². The highest BCUT2D eigenvalue weighted by Gasteiger charge is 2.20. The molecular weight excluding hydrogens is 330 g/mol. The van der Waals surface area contributed by atoms with E-state index in [4.69, 9.17) is 0 Å². The van der Waals surface area contributed by atoms with E-state index in [1.165, 1.54) is 4.90 Å². The molecule has 1 unspecified atom stereocenters. The Labute approximate surface area is 147 Å². The van der Waals surface area contributed by atoms with Gasteiger partial charge in [-0.1, -0.05) is 0 Å². The van der Waals surface area contributed by atoms with Crippen molar-refractivity contribution in [1.29, 1.82) is 0 Å². The molecule has 0 fully saturated rings. The fraction of sp³-hybridized carbons (Fsp3) is 0.312. The molecule has 0 aliphatic heterocycles. The predicted molar refractivity (Wildman–Crippen MR) is 95.3 cm³/mol. The number of carbonyl (C=O) groups is 2. The Hall–Kier alpha value is -2.38. The van der Waals surface area contributed by atoms with Crippen LogP contribution in [0.5, 0.6) is 0 Å². The highest BCUT2D eigenvalue weighted by molar-refractivity contribution is 5.97. The second-order valence-corrected chi connectivity index (χ2v) is 5.44. The van der Waals surface area contributed by atoms with Crippen molar-refractivity contribution in [1.82, 2.24) is 20.0 Å². The average molecular weight is 352 g/mol. The first-order valence-electron chi connectivity index (χ1n) is 7.20. The highest BCUT2D eigenvalue weighted by Crippen LogP contribution is 2.16. The number of aromatic nitrogens is 2. The highest BCUT2D eigenvalue weighted by atomic mass is 35.5. The summed E-state index contributed by atoms with van der Waals surface area (Å²) in [4.78, 5) is 25.7. The van der Waals surface area contributed by atoms with Crippen molar-refractivity contribution in [3.05, 3.63) is 47.8 Å². The molecule has 0 saturated carbocycles. The van der Waals surface area contributed by atoms with Crippen molar-refractivity contribution in [2.45, 2.75) is 6.04 Å². The summed E-state index contributed by atoms with van der Waals surface area (Å²) in [6, 6.07) is 6.31. The fourth-order valence-corrected chi connectivity index (χ4v) is 2.21. The summed E-state index contributed by atoms with van der Waals surface area (Å²) in [5.74, 6) is -0.265. The van der Waals surface area contributed by atoms with Crippen molar-refractivity contribution >= 4 is 29.9 Å². The second-order valence-electron chi connectivity index (χ2n) is 5.44. The molecule has 0 spiro atoms. The number of anilines is 1. The van der Waals surface area contributed by atoms with Crippen LogP contribution in [0.15, 0.2) is 36.7 Å². The Balaban J connectivity index is 0.00000288. The van der Waals surface area contributed by atoms with Crippen LogP contribution < -0.4 is 10.6 Å². The van der Waals surface area contributed by atoms with E-state index >= 15 is 0 Å². The smallest absolute Gasteiger partial charge is 0.253 e. The molecule has 7 nitrogen and oxygen atoms in total. The van der Waals surface area contributed by atoms with E-state index in [9.17, 15) is 9.59 Å². The lowest BCUT2D eigenvalue weighted by atomic mass is 10.1. The minimum atomic E-state index is -0.494. The molecule has 1 aromatic carbocycles. The van der Waals surface area contributed by atoms with E-state index < -0.39 is 6.04 Å². The molecule has 1 aromatic heterocycles. The van der Waals surface area contributed by atoms with Gasteiger partial charge >= 0.3 is 0 Å². The number of nitrogens with one attached hydrogen (secondary N) is 2. The quantitative estimate of drug-likeness (QED) is 0.854. The Kier molecular flexibility index (Phi) is 6.94. The Morgan fingerprint density at radius 3 is 2.29 bits per heavy atom. The SMILES string of the molecule is CNC(C(=O)Nc1ccc(C(=O)N(C)C)cc1)c1cnn(C)c1.Cl. The number of nitrogens with zero attached hydrogens (tertiary/aromatic N) is 3. The first kappa shape index (κ1) is 19.7. The minimum absolute atomic E-state index is 0. The fourth-order valence-electron chi connectivity index (χ4n) is 2.21. The average Bonchev–Trinajstić information content (AvgIpc) is 2.94. The molecule has 0 aliphatic carbocycles. The zero-order valence-corrected chi connectivity index (χ0v) is 14.9. The van der Waals surface area contributed by atoms with Gasteiger partial charge in [-0.3, -0.25) is 14.3 Å². The number of hydrogen-bond acceptors (Lipinski definition) is 4. The summed E-state index contributed by atoms with van der Waals surface area (Å²) in [5, 5.41) is 9.88. The molecule has 2 N–H and O–H groups in total. The number of amides is 2. The van der Waals surface area contributed by atoms with Crippen molar-refractivity contribution < 1.29 is 9.59 Å². The second kappa shape index (κ2) is 8.47. The number of benzene rings is 1. The lowest BCUT2D eigenvalue weighted by molar-refractivity contribution is -0.118. The van der Waals surface area contributed by atoms with Gasteiger partial charge in [-0.05, 0) is 31.3 Å². The molecule has 0 aliphatic rings. The number of rotatable bonds is 5. The van der Waals surface area contributed by atoms with Crippen molar-refractivity contribution in [2.75, 3.05) is 26.5 Å². The first-order chi connectivity index (χ1) is 10.9. The normalized spacial score (nSPS) is 11.3. The Morgan fingerprint density at radius 2 is 1.83 bits per heavy atom. The van der Waals surface area contributed by atoms with Gasteiger partial charge in [0.05, 0.1) is 6.20 Å². The summed E-state index contributed by atoms with van der Waals surface area (Å²) >= 11 is 0. The summed E-state index contributed by atoms with van der Waals surface area (Å²) in [7, 11) is 6.91. The molecule has 2 amide bonds. The van der Waals surface area contributed by atoms with Gasteiger partial charge < -0.3 is 15.5 Å². The lowest BCUT2D eigenvalue weighted by Gasteiger charge is -2.15. The lowest BCUT2D eigenvalue weighted by Crippen LogP contribution is -2.30. The van der Waals surface area contributed by atoms with Crippen LogP contribution in [0.3, 0.4) is 0 Å². The summed E-state index contributed by atoms with van der Waals surface area (Å²) in [6.07, 6.45) is 3.44. The molecule has 24 heavy (non-hydrogen) atoms. The molecule has 1 atom stereocenters. The Morgan fingerprint density at radius 1 is 1.21 bits per heavy atom. The van der Waals surface area contributed by atoms with Gasteiger partial charge in [-0.2, -0.15) is 5.10 Å². The van der Waals surface area contributed by atoms with Gasteiger partial charge in [0, 0.05) is 44.2 Å². The molecular formula is C16H22ClN5O2. The van der Waals surface area contributed by atoms with Crippen LogP contribution in [-0.2, 0) is 11.8 Å². The van der Waals surface area contributed by atoms with Crippen LogP contribution in [0.2, 0.25) is 0 Å². The standard InChI is InChI=1S/C16H21N5O2.ClH/c1-17-14(12-9-18-21(4)10-12)15(22)19-13-7-5-11(6-8-13)16(23)20(2)3;/h5-10,14,17H,1-4H3,(H,19,22);1H. The van der Waals surface area contributed by atoms with Gasteiger partial charge in [0.1, 0.15) is 6.04 Å². The number of carbonyl (C=O) groups excluding carboxylic acids is 2. The van der Waals surface area contributed by atoms with Crippen LogP contribution in [0, 0.1) is 0 Å².